The lowest BCUT2D eigenvalue weighted by atomic mass is 10.4. The number of carbonyl (C=O) groups is 1. The Hall–Kier alpha value is -0.580. The number of halogens is 1. The summed E-state index contributed by atoms with van der Waals surface area (Å²) in [5.74, 6) is -0.429. The zero-order valence-electron chi connectivity index (χ0n) is 7.13. The minimum absolute atomic E-state index is 0. The largest absolute Gasteiger partial charge is 0.367 e. The number of carbonyl (C=O) groups excluding carboxylic acids is 1. The average molecular weight is 195 g/mol. The Morgan fingerprint density at radius 2 is 2.25 bits per heavy atom. The van der Waals surface area contributed by atoms with E-state index in [9.17, 15) is 4.79 Å². The highest BCUT2D eigenvalue weighted by molar-refractivity contribution is 5.86. The molecule has 0 spiro atoms. The van der Waals surface area contributed by atoms with Gasteiger partial charge in [-0.15, -0.1) is 12.4 Å². The number of hydroxylamine groups is 1. The Morgan fingerprint density at radius 3 is 2.67 bits per heavy atom. The maximum absolute atomic E-state index is 10.7. The molecule has 5 heteroatoms. The van der Waals surface area contributed by atoms with Crippen LogP contribution in [0.4, 0.5) is 0 Å². The molecule has 0 aromatic carbocycles. The molecule has 0 heterocycles. The zero-order valence-corrected chi connectivity index (χ0v) is 7.95. The zero-order chi connectivity index (χ0) is 8.69. The predicted molar refractivity (Wildman–Crippen MR) is 49.8 cm³/mol. The first kappa shape index (κ1) is 14.0. The van der Waals surface area contributed by atoms with E-state index in [-0.39, 0.29) is 12.4 Å². The molecule has 0 bridgehead atoms. The second-order valence-corrected chi connectivity index (χ2v) is 2.21. The van der Waals surface area contributed by atoms with Crippen molar-refractivity contribution in [3.05, 3.63) is 12.2 Å². The van der Waals surface area contributed by atoms with Crippen molar-refractivity contribution in [2.24, 2.45) is 5.73 Å². The molecule has 0 radical (unpaired) electrons. The Kier molecular flexibility index (Phi) is 9.92. The van der Waals surface area contributed by atoms with Crippen molar-refractivity contribution in [1.82, 2.24) is 5.48 Å². The van der Waals surface area contributed by atoms with Crippen LogP contribution in [0.25, 0.3) is 0 Å². The highest BCUT2D eigenvalue weighted by Gasteiger charge is 2.00. The van der Waals surface area contributed by atoms with Crippen molar-refractivity contribution in [3.63, 3.8) is 0 Å². The third-order valence-electron chi connectivity index (χ3n) is 0.996. The molecule has 0 atom stereocenters. The van der Waals surface area contributed by atoms with Crippen LogP contribution in [0.1, 0.15) is 13.3 Å². The van der Waals surface area contributed by atoms with Gasteiger partial charge in [-0.1, -0.05) is 6.58 Å². The maximum atomic E-state index is 10.7. The predicted octanol–water partition coefficient (Wildman–Crippen LogP) is 0.381. The Balaban J connectivity index is 0. The van der Waals surface area contributed by atoms with Gasteiger partial charge in [0.2, 0.25) is 0 Å². The fourth-order valence-electron chi connectivity index (χ4n) is 0.378. The maximum Gasteiger partial charge on any atom is 0.351 e. The Morgan fingerprint density at radius 1 is 1.67 bits per heavy atom. The van der Waals surface area contributed by atoms with E-state index < -0.39 is 5.97 Å². The van der Waals surface area contributed by atoms with Gasteiger partial charge in [-0.25, -0.2) is 4.79 Å². The van der Waals surface area contributed by atoms with E-state index in [4.69, 9.17) is 5.73 Å². The molecule has 0 amide bonds. The van der Waals surface area contributed by atoms with E-state index in [1.54, 1.807) is 6.92 Å². The highest BCUT2D eigenvalue weighted by atomic mass is 35.5. The molecule has 0 fully saturated rings. The van der Waals surface area contributed by atoms with Crippen LogP contribution in [0.5, 0.6) is 0 Å². The van der Waals surface area contributed by atoms with Crippen LogP contribution >= 0.6 is 12.4 Å². The number of nitrogens with one attached hydrogen (secondary N) is 1. The van der Waals surface area contributed by atoms with Crippen LogP contribution in [0.3, 0.4) is 0 Å². The molecule has 0 rings (SSSR count). The molecule has 3 N–H and O–H groups in total. The Labute approximate surface area is 78.5 Å². The third kappa shape index (κ3) is 7.53. The monoisotopic (exact) mass is 194 g/mol. The molecule has 0 aromatic heterocycles. The molecule has 0 aromatic rings. The molecule has 0 aliphatic rings. The summed E-state index contributed by atoms with van der Waals surface area (Å²) in [6.45, 7) is 6.16. The molecule has 0 aliphatic carbocycles. The van der Waals surface area contributed by atoms with Gasteiger partial charge >= 0.3 is 5.97 Å². The van der Waals surface area contributed by atoms with Crippen molar-refractivity contribution >= 4 is 18.4 Å². The molecule has 0 saturated heterocycles. The summed E-state index contributed by atoms with van der Waals surface area (Å²) in [7, 11) is 0. The molecule has 12 heavy (non-hydrogen) atoms. The van der Waals surface area contributed by atoms with E-state index >= 15 is 0 Å². The topological polar surface area (TPSA) is 64.3 Å². The van der Waals surface area contributed by atoms with Gasteiger partial charge in [-0.2, -0.15) is 5.48 Å². The summed E-state index contributed by atoms with van der Waals surface area (Å²) in [6, 6.07) is 0. The first-order valence-electron chi connectivity index (χ1n) is 3.48. The van der Waals surface area contributed by atoms with Gasteiger partial charge in [-0.3, -0.25) is 0 Å². The normalized spacial score (nSPS) is 8.50. The van der Waals surface area contributed by atoms with Crippen LogP contribution in [0.2, 0.25) is 0 Å². The van der Waals surface area contributed by atoms with Crippen molar-refractivity contribution in [2.45, 2.75) is 13.3 Å². The summed E-state index contributed by atoms with van der Waals surface area (Å²) >= 11 is 0. The van der Waals surface area contributed by atoms with Crippen LogP contribution in [-0.2, 0) is 9.63 Å². The first-order chi connectivity index (χ1) is 5.18. The smallest absolute Gasteiger partial charge is 0.351 e. The summed E-state index contributed by atoms with van der Waals surface area (Å²) < 4.78 is 0. The minimum Gasteiger partial charge on any atom is -0.367 e. The van der Waals surface area contributed by atoms with Gasteiger partial charge in [0.1, 0.15) is 0 Å². The standard InChI is InChI=1S/C7H14N2O2.ClH/c1-6(2)7(10)11-9-5-3-4-8;/h9H,1,3-5,8H2,2H3;1H. The lowest BCUT2D eigenvalue weighted by Crippen LogP contribution is -2.22. The third-order valence-corrected chi connectivity index (χ3v) is 0.996. The molecular weight excluding hydrogens is 180 g/mol. The highest BCUT2D eigenvalue weighted by Crippen LogP contribution is 1.88. The summed E-state index contributed by atoms with van der Waals surface area (Å²) in [5, 5.41) is 0. The molecule has 0 unspecified atom stereocenters. The molecule has 0 saturated carbocycles. The van der Waals surface area contributed by atoms with Crippen LogP contribution in [0.15, 0.2) is 12.2 Å². The summed E-state index contributed by atoms with van der Waals surface area (Å²) in [6.07, 6.45) is 0.781. The summed E-state index contributed by atoms with van der Waals surface area (Å²) in [4.78, 5) is 15.3. The van der Waals surface area contributed by atoms with Crippen molar-refractivity contribution in [2.75, 3.05) is 13.1 Å². The van der Waals surface area contributed by atoms with Gasteiger partial charge in [0.05, 0.1) is 0 Å². The van der Waals surface area contributed by atoms with E-state index in [0.717, 1.165) is 6.42 Å². The second kappa shape index (κ2) is 8.52. The Bertz CT molecular complexity index is 150. The quantitative estimate of drug-likeness (QED) is 0.377. The van der Waals surface area contributed by atoms with E-state index in [1.807, 2.05) is 0 Å². The molecule has 4 nitrogen and oxygen atoms in total. The van der Waals surface area contributed by atoms with E-state index in [0.29, 0.717) is 18.7 Å². The minimum atomic E-state index is -0.429. The van der Waals surface area contributed by atoms with Crippen molar-refractivity contribution in [3.8, 4) is 0 Å². The molecule has 0 aliphatic heterocycles. The van der Waals surface area contributed by atoms with Gasteiger partial charge in [0, 0.05) is 12.1 Å². The molecular formula is C7H15ClN2O2. The number of hydrogen-bond acceptors (Lipinski definition) is 4. The first-order valence-corrected chi connectivity index (χ1v) is 3.48. The van der Waals surface area contributed by atoms with Gasteiger partial charge in [0.25, 0.3) is 0 Å². The van der Waals surface area contributed by atoms with Gasteiger partial charge < -0.3 is 10.6 Å². The SMILES string of the molecule is C=C(C)C(=O)ONCCCN.Cl. The van der Waals surface area contributed by atoms with E-state index in [1.165, 1.54) is 0 Å². The lowest BCUT2D eigenvalue weighted by molar-refractivity contribution is -0.146. The number of nitrogens with two attached hydrogens (primary N) is 1. The van der Waals surface area contributed by atoms with E-state index in [2.05, 4.69) is 16.9 Å². The number of rotatable bonds is 5. The van der Waals surface area contributed by atoms with Crippen LogP contribution in [0, 0.1) is 0 Å². The lowest BCUT2D eigenvalue weighted by Gasteiger charge is -2.03. The fourth-order valence-corrected chi connectivity index (χ4v) is 0.378. The van der Waals surface area contributed by atoms with Crippen molar-refractivity contribution in [1.29, 1.82) is 0 Å². The second-order valence-electron chi connectivity index (χ2n) is 2.21. The fraction of sp³-hybridized carbons (Fsp3) is 0.571. The summed E-state index contributed by atoms with van der Waals surface area (Å²) in [5.41, 5.74) is 8.06. The van der Waals surface area contributed by atoms with Gasteiger partial charge in [0.15, 0.2) is 0 Å². The van der Waals surface area contributed by atoms with Crippen molar-refractivity contribution < 1.29 is 9.63 Å². The molecule has 72 valence electrons. The number of hydrogen-bond donors (Lipinski definition) is 2. The van der Waals surface area contributed by atoms with Crippen LogP contribution in [-0.4, -0.2) is 19.1 Å². The van der Waals surface area contributed by atoms with Crippen LogP contribution < -0.4 is 11.2 Å². The average Bonchev–Trinajstić information content (AvgIpc) is 1.97. The van der Waals surface area contributed by atoms with Gasteiger partial charge in [-0.05, 0) is 19.9 Å².